The Hall–Kier alpha value is -10.6. The summed E-state index contributed by atoms with van der Waals surface area (Å²) >= 11 is 0. The summed E-state index contributed by atoms with van der Waals surface area (Å²) in [5.74, 6) is 1.32. The topological polar surface area (TPSA) is 15.7 Å². The highest BCUT2D eigenvalue weighted by Gasteiger charge is 2.52. The van der Waals surface area contributed by atoms with Gasteiger partial charge in [0.2, 0.25) is 0 Å². The van der Waals surface area contributed by atoms with Crippen LogP contribution in [-0.2, 0) is 10.8 Å². The summed E-state index contributed by atoms with van der Waals surface area (Å²) in [7, 11) is 0. The van der Waals surface area contributed by atoms with Gasteiger partial charge in [0.25, 0.3) is 0 Å². The van der Waals surface area contributed by atoms with Crippen LogP contribution in [0.1, 0.15) is 128 Å². The van der Waals surface area contributed by atoms with Crippen LogP contribution < -0.4 is 9.64 Å². The maximum absolute atomic E-state index is 15.4. The van der Waals surface area contributed by atoms with E-state index in [1.807, 2.05) is 30.4 Å². The van der Waals surface area contributed by atoms with Gasteiger partial charge < -0.3 is 14.5 Å². The predicted octanol–water partition coefficient (Wildman–Crippen LogP) is 24.2. The van der Waals surface area contributed by atoms with Crippen molar-refractivity contribution in [2.45, 2.75) is 101 Å². The monoisotopic (exact) mass is 1290 g/mol. The number of halogens is 2. The van der Waals surface area contributed by atoms with Crippen LogP contribution >= 0.6 is 0 Å². The molecule has 17 rings (SSSR count). The molecule has 8 unspecified atom stereocenters. The van der Waals surface area contributed by atoms with Crippen molar-refractivity contribution >= 4 is 34.8 Å². The Balaban J connectivity index is 0.753. The highest BCUT2D eigenvalue weighted by atomic mass is 19.1. The van der Waals surface area contributed by atoms with Crippen LogP contribution in [0.3, 0.4) is 0 Å². The molecule has 0 spiro atoms. The summed E-state index contributed by atoms with van der Waals surface area (Å²) < 4.78 is 37.9. The molecule has 0 fully saturated rings. The maximum Gasteiger partial charge on any atom is 0.130 e. The molecule has 8 aromatic carbocycles. The molecule has 8 atom stereocenters. The molecule has 0 amide bonds. The lowest BCUT2D eigenvalue weighted by molar-refractivity contribution is 0.264. The molecule has 3 nitrogen and oxygen atoms in total. The van der Waals surface area contributed by atoms with Crippen LogP contribution in [0.15, 0.2) is 331 Å². The van der Waals surface area contributed by atoms with Gasteiger partial charge in [-0.2, -0.15) is 0 Å². The third kappa shape index (κ3) is 10.2. The number of nitrogens with zero attached hydrogens (tertiary/aromatic N) is 2. The van der Waals surface area contributed by atoms with Crippen LogP contribution in [0.25, 0.3) is 40.0 Å². The van der Waals surface area contributed by atoms with Gasteiger partial charge in [0.15, 0.2) is 0 Å². The molecule has 486 valence electrons. The summed E-state index contributed by atoms with van der Waals surface area (Å²) in [6, 6.07) is 65.3. The van der Waals surface area contributed by atoms with Crippen LogP contribution in [0.5, 0.6) is 5.75 Å². The first-order valence-electron chi connectivity index (χ1n) is 35.5. The second-order valence-corrected chi connectivity index (χ2v) is 28.5. The number of hydrogen-bond acceptors (Lipinski definition) is 3. The molecule has 8 aromatic rings. The molecule has 0 N–H and O–H groups in total. The van der Waals surface area contributed by atoms with Gasteiger partial charge in [0, 0.05) is 64.0 Å². The van der Waals surface area contributed by atoms with Crippen LogP contribution in [0.4, 0.5) is 25.8 Å². The molecule has 1 aliphatic heterocycles. The minimum absolute atomic E-state index is 0.0549. The number of alkyl halides is 1. The highest BCUT2D eigenvalue weighted by Crippen LogP contribution is 2.63. The second kappa shape index (κ2) is 24.7. The Morgan fingerprint density at radius 2 is 1.23 bits per heavy atom. The zero-order chi connectivity index (χ0) is 67.3. The average Bonchev–Trinajstić information content (AvgIpc) is 1.56. The van der Waals surface area contributed by atoms with E-state index in [0.29, 0.717) is 12.3 Å². The van der Waals surface area contributed by atoms with E-state index in [-0.39, 0.29) is 29.7 Å². The van der Waals surface area contributed by atoms with Crippen molar-refractivity contribution in [3.8, 4) is 28.0 Å². The zero-order valence-corrected chi connectivity index (χ0v) is 56.7. The van der Waals surface area contributed by atoms with Gasteiger partial charge in [-0.05, 0) is 225 Å². The maximum atomic E-state index is 15.4. The Morgan fingerprint density at radius 3 is 1.96 bits per heavy atom. The number of fused-ring (bicyclic) bond motifs is 8. The molecule has 1 heterocycles. The minimum Gasteiger partial charge on any atom is -0.485 e. The Morgan fingerprint density at radius 1 is 0.556 bits per heavy atom. The van der Waals surface area contributed by atoms with Crippen LogP contribution in [0.2, 0.25) is 0 Å². The van der Waals surface area contributed by atoms with E-state index in [1.165, 1.54) is 89.2 Å². The van der Waals surface area contributed by atoms with Crippen molar-refractivity contribution in [1.82, 2.24) is 4.90 Å². The first-order chi connectivity index (χ1) is 48.4. The standard InChI is InChI=1S/C94H80F2N2O/c1-7-63-21-25-65(26-22-63)67-29-33-69(34-30-67)93(87-53-59(3)17-19-61(87)5)85-15-11-9-13-79(85)81-49-45-75(55-89(81)93)97(73-41-37-71(95)38-42-73)77-47-51-83-84-52-48-78(58-92(84)99-91(83)57-77)98(74-43-39-72(96)40-44-74)76-46-50-82-80-14-10-12-16-86(80)94(90(82)56-76,88-54-60(4)18-20-62(88)6)70-35-31-68(32-36-70)66-27-23-64(8-2)24-28-66/h7-17,20-31,33-39,41-45,47-49,51-58,60-61,68,72,84,92H,1-2,18-19,32,40,46,50H2,3-6H3. The summed E-state index contributed by atoms with van der Waals surface area (Å²) in [5.41, 5.74) is 29.6. The van der Waals surface area contributed by atoms with Crippen LogP contribution in [-0.4, -0.2) is 17.2 Å². The molecular formula is C94H80F2N2O. The number of rotatable bonds is 14. The predicted molar refractivity (Wildman–Crippen MR) is 406 cm³/mol. The lowest BCUT2D eigenvalue weighted by atomic mass is 9.61. The van der Waals surface area contributed by atoms with E-state index in [9.17, 15) is 0 Å². The molecule has 5 heteroatoms. The van der Waals surface area contributed by atoms with Crippen molar-refractivity contribution in [2.24, 2.45) is 11.8 Å². The number of anilines is 3. The minimum atomic E-state index is -1.05. The molecular weight excluding hydrogens is 1210 g/mol. The van der Waals surface area contributed by atoms with E-state index in [0.717, 1.165) is 94.1 Å². The number of hydrogen-bond donors (Lipinski definition) is 0. The smallest absolute Gasteiger partial charge is 0.130 e. The Bertz CT molecular complexity index is 5070. The van der Waals surface area contributed by atoms with Crippen molar-refractivity contribution in [1.29, 1.82) is 0 Å². The fourth-order valence-electron chi connectivity index (χ4n) is 17.8. The van der Waals surface area contributed by atoms with Crippen LogP contribution in [0, 0.1) is 17.7 Å². The van der Waals surface area contributed by atoms with Gasteiger partial charge in [0.1, 0.15) is 23.8 Å². The van der Waals surface area contributed by atoms with Crippen molar-refractivity contribution in [2.75, 3.05) is 4.90 Å². The van der Waals surface area contributed by atoms with Gasteiger partial charge in [-0.15, -0.1) is 0 Å². The lowest BCUT2D eigenvalue weighted by Crippen LogP contribution is -2.34. The van der Waals surface area contributed by atoms with E-state index in [2.05, 4.69) is 281 Å². The summed E-state index contributed by atoms with van der Waals surface area (Å²) in [4.78, 5) is 4.66. The van der Waals surface area contributed by atoms with E-state index in [1.54, 1.807) is 18.2 Å². The third-order valence-electron chi connectivity index (χ3n) is 22.7. The molecule has 0 radical (unpaired) electrons. The molecule has 0 aromatic heterocycles. The number of allylic oxidation sites excluding steroid dienone is 20. The van der Waals surface area contributed by atoms with Crippen molar-refractivity contribution in [3.63, 3.8) is 0 Å². The van der Waals surface area contributed by atoms with Gasteiger partial charge in [-0.25, -0.2) is 8.78 Å². The summed E-state index contributed by atoms with van der Waals surface area (Å²) in [6.07, 6.45) is 39.6. The molecule has 8 aliphatic carbocycles. The molecule has 0 saturated heterocycles. The summed E-state index contributed by atoms with van der Waals surface area (Å²) in [6.45, 7) is 17.3. The fourth-order valence-corrected chi connectivity index (χ4v) is 17.8. The Labute approximate surface area is 582 Å². The molecule has 0 saturated carbocycles. The molecule has 0 bridgehead atoms. The van der Waals surface area contributed by atoms with E-state index < -0.39 is 17.0 Å². The van der Waals surface area contributed by atoms with E-state index in [4.69, 9.17) is 4.74 Å². The lowest BCUT2D eigenvalue weighted by Gasteiger charge is -2.42. The van der Waals surface area contributed by atoms with Gasteiger partial charge in [-0.1, -0.05) is 238 Å². The summed E-state index contributed by atoms with van der Waals surface area (Å²) in [5, 5.41) is 0. The normalized spacial score (nSPS) is 24.4. The fraction of sp³-hybridized carbons (Fsp3) is 0.191. The SMILES string of the molecule is C=Cc1ccc(-c2ccc(C3(C4=CC(C)=CCC4C)c4ccccc4-c4ccc(N(c5ccc(F)cc5)c5ccc6c(c5)OC5C=C(N(C7=CCC(F)C=C7)C7=CC8=C(CC7)c7ccccc7C8(C7=CCC(c8ccc(C=C)cc8)C=C7)C7=CC(C)CC=C7C)C=CC65)cc43)cc2)cc1. The molecule has 99 heavy (non-hydrogen) atoms. The highest BCUT2D eigenvalue weighted by molar-refractivity contribution is 5.92. The van der Waals surface area contributed by atoms with E-state index >= 15 is 8.78 Å². The second-order valence-electron chi connectivity index (χ2n) is 28.5. The Kier molecular flexibility index (Phi) is 15.5. The third-order valence-corrected chi connectivity index (χ3v) is 22.7. The molecule has 9 aliphatic rings. The van der Waals surface area contributed by atoms with Gasteiger partial charge in [0.05, 0.1) is 10.8 Å². The van der Waals surface area contributed by atoms with Crippen molar-refractivity contribution < 1.29 is 13.5 Å². The number of benzene rings is 8. The first kappa shape index (κ1) is 61.9. The number of ether oxygens (including phenoxy) is 1. The zero-order valence-electron chi connectivity index (χ0n) is 56.7. The largest absolute Gasteiger partial charge is 0.485 e. The average molecular weight is 1290 g/mol. The quantitative estimate of drug-likeness (QED) is 0.108. The van der Waals surface area contributed by atoms with Gasteiger partial charge >= 0.3 is 0 Å². The first-order valence-corrected chi connectivity index (χ1v) is 35.5. The van der Waals surface area contributed by atoms with Crippen molar-refractivity contribution in [3.05, 3.63) is 387 Å². The van der Waals surface area contributed by atoms with Gasteiger partial charge in [-0.3, -0.25) is 0 Å².